The standard InChI is InChI=1S/C18H18N4O3S/c1-10-3-4-14-13(7-10)22(5-6-25-14)15(23)9-26-18-20-12-8-11(2)19-16(12)17(24)21-18/h3-4,7-8,19H,5-6,9H2,1-2H3,(H,20,21,24). The summed E-state index contributed by atoms with van der Waals surface area (Å²) in [6.45, 7) is 4.83. The number of rotatable bonds is 3. The second kappa shape index (κ2) is 6.53. The molecule has 26 heavy (non-hydrogen) atoms. The molecule has 7 nitrogen and oxygen atoms in total. The fourth-order valence-electron chi connectivity index (χ4n) is 3.00. The van der Waals surface area contributed by atoms with Crippen LogP contribution in [0.5, 0.6) is 5.75 Å². The highest BCUT2D eigenvalue weighted by molar-refractivity contribution is 7.99. The summed E-state index contributed by atoms with van der Waals surface area (Å²) >= 11 is 1.23. The largest absolute Gasteiger partial charge is 0.490 e. The van der Waals surface area contributed by atoms with Gasteiger partial charge in [0.15, 0.2) is 5.16 Å². The number of aryl methyl sites for hydroxylation is 2. The van der Waals surface area contributed by atoms with E-state index in [0.29, 0.717) is 29.3 Å². The number of carbonyl (C=O) groups excluding carboxylic acids is 1. The third-order valence-electron chi connectivity index (χ3n) is 4.21. The van der Waals surface area contributed by atoms with Gasteiger partial charge in [-0.05, 0) is 37.6 Å². The van der Waals surface area contributed by atoms with Crippen LogP contribution in [0.3, 0.4) is 0 Å². The third kappa shape index (κ3) is 3.08. The van der Waals surface area contributed by atoms with Crippen LogP contribution in [0, 0.1) is 13.8 Å². The van der Waals surface area contributed by atoms with Gasteiger partial charge >= 0.3 is 0 Å². The molecule has 0 fully saturated rings. The number of hydrogen-bond acceptors (Lipinski definition) is 5. The second-order valence-electron chi connectivity index (χ2n) is 6.24. The number of aromatic nitrogens is 3. The van der Waals surface area contributed by atoms with Gasteiger partial charge in [0.1, 0.15) is 17.9 Å². The van der Waals surface area contributed by atoms with Crippen LogP contribution < -0.4 is 15.2 Å². The first-order valence-electron chi connectivity index (χ1n) is 8.27. The van der Waals surface area contributed by atoms with E-state index in [1.165, 1.54) is 11.8 Å². The molecule has 3 aromatic rings. The Labute approximate surface area is 153 Å². The lowest BCUT2D eigenvalue weighted by Crippen LogP contribution is -2.39. The average Bonchev–Trinajstić information content (AvgIpc) is 3.00. The monoisotopic (exact) mass is 370 g/mol. The summed E-state index contributed by atoms with van der Waals surface area (Å²) < 4.78 is 5.62. The fraction of sp³-hybridized carbons (Fsp3) is 0.278. The molecule has 0 saturated carbocycles. The van der Waals surface area contributed by atoms with Gasteiger partial charge in [-0.15, -0.1) is 0 Å². The molecule has 2 aromatic heterocycles. The van der Waals surface area contributed by atoms with Gasteiger partial charge in [-0.3, -0.25) is 14.6 Å². The molecule has 8 heteroatoms. The van der Waals surface area contributed by atoms with Crippen LogP contribution >= 0.6 is 11.8 Å². The van der Waals surface area contributed by atoms with Crippen LogP contribution in [0.15, 0.2) is 34.2 Å². The van der Waals surface area contributed by atoms with Gasteiger partial charge in [0, 0.05) is 5.69 Å². The Morgan fingerprint density at radius 3 is 3.00 bits per heavy atom. The van der Waals surface area contributed by atoms with Gasteiger partial charge in [0.05, 0.1) is 23.5 Å². The van der Waals surface area contributed by atoms with E-state index in [-0.39, 0.29) is 17.2 Å². The van der Waals surface area contributed by atoms with Gasteiger partial charge in [0.25, 0.3) is 5.56 Å². The van der Waals surface area contributed by atoms with E-state index in [4.69, 9.17) is 4.74 Å². The Kier molecular flexibility index (Phi) is 4.20. The molecule has 1 aliphatic heterocycles. The summed E-state index contributed by atoms with van der Waals surface area (Å²) in [5, 5.41) is 0.438. The van der Waals surface area contributed by atoms with Gasteiger partial charge in [-0.2, -0.15) is 0 Å². The van der Waals surface area contributed by atoms with Crippen LogP contribution in [-0.4, -0.2) is 39.8 Å². The van der Waals surface area contributed by atoms with Crippen LogP contribution in [0.1, 0.15) is 11.3 Å². The molecule has 0 radical (unpaired) electrons. The third-order valence-corrected chi connectivity index (χ3v) is 5.07. The predicted octanol–water partition coefficient (Wildman–Crippen LogP) is 2.39. The molecule has 2 N–H and O–H groups in total. The van der Waals surface area contributed by atoms with Crippen molar-refractivity contribution in [1.29, 1.82) is 0 Å². The van der Waals surface area contributed by atoms with Crippen LogP contribution in [0.2, 0.25) is 0 Å². The Morgan fingerprint density at radius 1 is 1.31 bits per heavy atom. The summed E-state index contributed by atoms with van der Waals surface area (Å²) in [7, 11) is 0. The zero-order valence-electron chi connectivity index (χ0n) is 14.5. The van der Waals surface area contributed by atoms with Gasteiger partial charge in [-0.1, -0.05) is 17.8 Å². The zero-order valence-corrected chi connectivity index (χ0v) is 15.3. The maximum atomic E-state index is 12.7. The molecule has 0 spiro atoms. The number of ether oxygens (including phenoxy) is 1. The summed E-state index contributed by atoms with van der Waals surface area (Å²) in [4.78, 5) is 36.7. The van der Waals surface area contributed by atoms with Crippen molar-refractivity contribution in [2.75, 3.05) is 23.8 Å². The molecule has 0 unspecified atom stereocenters. The summed E-state index contributed by atoms with van der Waals surface area (Å²) in [5.41, 5.74) is 3.56. The maximum absolute atomic E-state index is 12.7. The molecule has 134 valence electrons. The lowest BCUT2D eigenvalue weighted by atomic mass is 10.1. The minimum absolute atomic E-state index is 0.0434. The highest BCUT2D eigenvalue weighted by Gasteiger charge is 2.24. The van der Waals surface area contributed by atoms with E-state index in [2.05, 4.69) is 15.0 Å². The molecule has 0 bridgehead atoms. The molecule has 0 atom stereocenters. The topological polar surface area (TPSA) is 91.1 Å². The van der Waals surface area contributed by atoms with E-state index in [0.717, 1.165) is 22.7 Å². The predicted molar refractivity (Wildman–Crippen MR) is 101 cm³/mol. The first-order valence-corrected chi connectivity index (χ1v) is 9.26. The molecule has 3 heterocycles. The number of H-pyrrole nitrogens is 2. The molecule has 0 aliphatic carbocycles. The van der Waals surface area contributed by atoms with Gasteiger partial charge in [0.2, 0.25) is 5.91 Å². The molecular weight excluding hydrogens is 352 g/mol. The van der Waals surface area contributed by atoms with Gasteiger partial charge in [-0.25, -0.2) is 4.98 Å². The van der Waals surface area contributed by atoms with Crippen molar-refractivity contribution >= 4 is 34.4 Å². The Hall–Kier alpha value is -2.74. The van der Waals surface area contributed by atoms with E-state index in [1.807, 2.05) is 38.1 Å². The number of thioether (sulfide) groups is 1. The number of fused-ring (bicyclic) bond motifs is 2. The number of aromatic amines is 2. The van der Waals surface area contributed by atoms with Crippen LogP contribution in [-0.2, 0) is 4.79 Å². The van der Waals surface area contributed by atoms with Crippen molar-refractivity contribution in [3.63, 3.8) is 0 Å². The molecular formula is C18H18N4O3S. The average molecular weight is 370 g/mol. The van der Waals surface area contributed by atoms with E-state index >= 15 is 0 Å². The molecule has 1 aromatic carbocycles. The number of hydrogen-bond donors (Lipinski definition) is 2. The summed E-state index contributed by atoms with van der Waals surface area (Å²) in [6.07, 6.45) is 0. The van der Waals surface area contributed by atoms with Crippen LogP contribution in [0.25, 0.3) is 11.0 Å². The molecule has 0 saturated heterocycles. The minimum Gasteiger partial charge on any atom is -0.490 e. The lowest BCUT2D eigenvalue weighted by molar-refractivity contribution is -0.116. The van der Waals surface area contributed by atoms with Crippen molar-refractivity contribution in [3.05, 3.63) is 45.9 Å². The zero-order chi connectivity index (χ0) is 18.3. The van der Waals surface area contributed by atoms with Crippen LogP contribution in [0.4, 0.5) is 5.69 Å². The fourth-order valence-corrected chi connectivity index (χ4v) is 3.74. The van der Waals surface area contributed by atoms with Crippen molar-refractivity contribution < 1.29 is 9.53 Å². The van der Waals surface area contributed by atoms with Crippen molar-refractivity contribution in [2.24, 2.45) is 0 Å². The number of amides is 1. The lowest BCUT2D eigenvalue weighted by Gasteiger charge is -2.29. The van der Waals surface area contributed by atoms with Gasteiger partial charge < -0.3 is 14.6 Å². The summed E-state index contributed by atoms with van der Waals surface area (Å²) in [6, 6.07) is 7.62. The van der Waals surface area contributed by atoms with Crippen molar-refractivity contribution in [3.8, 4) is 5.75 Å². The quantitative estimate of drug-likeness (QED) is 0.546. The van der Waals surface area contributed by atoms with E-state index in [9.17, 15) is 9.59 Å². The Morgan fingerprint density at radius 2 is 2.15 bits per heavy atom. The minimum atomic E-state index is -0.231. The maximum Gasteiger partial charge on any atom is 0.275 e. The number of nitrogens with one attached hydrogen (secondary N) is 2. The highest BCUT2D eigenvalue weighted by atomic mass is 32.2. The molecule has 1 aliphatic rings. The van der Waals surface area contributed by atoms with E-state index in [1.54, 1.807) is 4.90 Å². The van der Waals surface area contributed by atoms with E-state index < -0.39 is 0 Å². The second-order valence-corrected chi connectivity index (χ2v) is 7.20. The smallest absolute Gasteiger partial charge is 0.275 e. The first kappa shape index (κ1) is 16.7. The Bertz CT molecular complexity index is 1060. The first-order chi connectivity index (χ1) is 12.5. The van der Waals surface area contributed by atoms with Crippen molar-refractivity contribution in [2.45, 2.75) is 19.0 Å². The SMILES string of the molecule is Cc1ccc2c(c1)N(C(=O)CSc1nc3cc(C)[nH]c3c(=O)[nH]1)CCO2. The number of nitrogens with zero attached hydrogens (tertiary/aromatic N) is 2. The highest BCUT2D eigenvalue weighted by Crippen LogP contribution is 2.33. The number of benzene rings is 1. The number of carbonyl (C=O) groups is 1. The van der Waals surface area contributed by atoms with Crippen molar-refractivity contribution in [1.82, 2.24) is 15.0 Å². The Balaban J connectivity index is 1.53. The summed E-state index contributed by atoms with van der Waals surface area (Å²) in [5.74, 6) is 0.861. The molecule has 4 rings (SSSR count). The molecule has 1 amide bonds. The number of anilines is 1. The normalized spacial score (nSPS) is 13.5.